The van der Waals surface area contributed by atoms with E-state index in [1.54, 1.807) is 36.5 Å². The van der Waals surface area contributed by atoms with E-state index in [0.717, 1.165) is 10.5 Å². The molecule has 0 aliphatic carbocycles. The van der Waals surface area contributed by atoms with E-state index in [9.17, 15) is 22.8 Å². The van der Waals surface area contributed by atoms with Gasteiger partial charge in [0.25, 0.3) is 0 Å². The van der Waals surface area contributed by atoms with Crippen LogP contribution < -0.4 is 0 Å². The van der Waals surface area contributed by atoms with Crippen LogP contribution in [0.1, 0.15) is 41.3 Å². The third kappa shape index (κ3) is 4.61. The number of carbonyl (C=O) groups excluding carboxylic acids is 3. The Labute approximate surface area is 201 Å². The topological polar surface area (TPSA) is 126 Å². The van der Waals surface area contributed by atoms with Crippen molar-refractivity contribution in [3.63, 3.8) is 0 Å². The maximum atomic E-state index is 13.6. The number of fused-ring (bicyclic) bond motifs is 1. The molecule has 2 atom stereocenters. The highest BCUT2D eigenvalue weighted by molar-refractivity contribution is 7.91. The Kier molecular flexibility index (Phi) is 5.98. The highest BCUT2D eigenvalue weighted by Crippen LogP contribution is 2.28. The first kappa shape index (κ1) is 23.0. The summed E-state index contributed by atoms with van der Waals surface area (Å²) in [5, 5.41) is 5.99. The Morgan fingerprint density at radius 2 is 1.80 bits per heavy atom. The van der Waals surface area contributed by atoms with Gasteiger partial charge in [-0.3, -0.25) is 9.59 Å². The zero-order valence-corrected chi connectivity index (χ0v) is 19.5. The molecule has 0 unspecified atom stereocenters. The van der Waals surface area contributed by atoms with Crippen LogP contribution in [0, 0.1) is 0 Å². The Morgan fingerprint density at radius 3 is 2.54 bits per heavy atom. The van der Waals surface area contributed by atoms with Crippen LogP contribution in [0.3, 0.4) is 0 Å². The highest BCUT2D eigenvalue weighted by Gasteiger charge is 2.38. The number of nitrogens with one attached hydrogen (secondary N) is 1. The number of para-hydroxylation sites is 1. The number of aromatic nitrogens is 1. The van der Waals surface area contributed by atoms with Gasteiger partial charge in [0.1, 0.15) is 5.71 Å². The van der Waals surface area contributed by atoms with Crippen LogP contribution in [0.15, 0.2) is 65.9 Å². The normalized spacial score (nSPS) is 20.5. The molecule has 0 spiro atoms. The smallest absolute Gasteiger partial charge is 0.355 e. The summed E-state index contributed by atoms with van der Waals surface area (Å²) in [4.78, 5) is 42.2. The summed E-state index contributed by atoms with van der Waals surface area (Å²) in [5.74, 6) is -1.75. The summed E-state index contributed by atoms with van der Waals surface area (Å²) in [6, 6.07) is 15.4. The molecule has 1 saturated heterocycles. The van der Waals surface area contributed by atoms with Gasteiger partial charge in [0.05, 0.1) is 17.5 Å². The molecule has 10 heteroatoms. The summed E-state index contributed by atoms with van der Waals surface area (Å²) in [6.45, 7) is 0. The Balaban J connectivity index is 1.43. The van der Waals surface area contributed by atoms with Crippen molar-refractivity contribution >= 4 is 44.1 Å². The summed E-state index contributed by atoms with van der Waals surface area (Å²) in [6.07, 6.45) is 0.706. The molecule has 9 nitrogen and oxygen atoms in total. The van der Waals surface area contributed by atoms with Crippen LogP contribution in [0.2, 0.25) is 0 Å². The van der Waals surface area contributed by atoms with Crippen molar-refractivity contribution in [2.75, 3.05) is 11.5 Å². The second-order valence-corrected chi connectivity index (χ2v) is 10.9. The Hall–Kier alpha value is -3.79. The molecule has 1 amide bonds. The van der Waals surface area contributed by atoms with Gasteiger partial charge in [-0.1, -0.05) is 48.5 Å². The molecule has 180 valence electrons. The molecule has 1 N–H and O–H groups in total. The molecule has 0 bridgehead atoms. The second kappa shape index (κ2) is 9.10. The largest absolute Gasteiger partial charge is 0.444 e. The van der Waals surface area contributed by atoms with E-state index < -0.39 is 33.7 Å². The highest BCUT2D eigenvalue weighted by atomic mass is 32.2. The molecule has 5 rings (SSSR count). The van der Waals surface area contributed by atoms with Crippen LogP contribution in [-0.2, 0) is 24.2 Å². The van der Waals surface area contributed by atoms with Gasteiger partial charge in [-0.05, 0) is 12.5 Å². The number of H-pyrrole nitrogens is 1. The quantitative estimate of drug-likeness (QED) is 0.416. The molecule has 0 radical (unpaired) electrons. The number of ketones is 1. The fourth-order valence-corrected chi connectivity index (χ4v) is 6.16. The first-order valence-electron chi connectivity index (χ1n) is 11.3. The van der Waals surface area contributed by atoms with E-state index in [0.29, 0.717) is 16.5 Å². The summed E-state index contributed by atoms with van der Waals surface area (Å²) < 4.78 is 29.4. The molecule has 35 heavy (non-hydrogen) atoms. The lowest BCUT2D eigenvalue weighted by molar-refractivity contribution is -0.140. The van der Waals surface area contributed by atoms with Gasteiger partial charge >= 0.3 is 5.97 Å². The number of amides is 1. The average molecular weight is 494 g/mol. The van der Waals surface area contributed by atoms with Gasteiger partial charge in [0, 0.05) is 41.1 Å². The summed E-state index contributed by atoms with van der Waals surface area (Å²) in [7, 11) is -3.24. The standard InChI is InChI=1S/C25H23N3O6S/c29-22-11-10-21(27-28(22)17-12-13-35(32,33)15-17)25(31)34-24(16-6-2-1-3-7-16)23(30)19-14-26-20-9-5-4-8-18(19)20/h1-9,14,17,24,26H,10-13,15H2/t17-,24+/m1/s1. The predicted molar refractivity (Wildman–Crippen MR) is 128 cm³/mol. The summed E-state index contributed by atoms with van der Waals surface area (Å²) >= 11 is 0. The minimum absolute atomic E-state index is 0.0108. The molecule has 2 aromatic carbocycles. The van der Waals surface area contributed by atoms with E-state index in [2.05, 4.69) is 10.1 Å². The molecule has 2 aliphatic rings. The molecule has 3 aromatic rings. The van der Waals surface area contributed by atoms with Gasteiger partial charge in [0.15, 0.2) is 15.9 Å². The van der Waals surface area contributed by atoms with Crippen molar-refractivity contribution < 1.29 is 27.5 Å². The number of sulfone groups is 1. The van der Waals surface area contributed by atoms with E-state index in [4.69, 9.17) is 4.74 Å². The number of hydrazone groups is 1. The van der Waals surface area contributed by atoms with Gasteiger partial charge < -0.3 is 9.72 Å². The van der Waals surface area contributed by atoms with Crippen molar-refractivity contribution in [3.05, 3.63) is 71.9 Å². The molecular formula is C25H23N3O6S. The second-order valence-electron chi connectivity index (χ2n) is 8.65. The Bertz CT molecular complexity index is 1440. The van der Waals surface area contributed by atoms with Crippen molar-refractivity contribution in [1.29, 1.82) is 0 Å². The van der Waals surface area contributed by atoms with Gasteiger partial charge in [-0.15, -0.1) is 0 Å². The van der Waals surface area contributed by atoms with Crippen LogP contribution in [0.25, 0.3) is 10.9 Å². The van der Waals surface area contributed by atoms with Crippen molar-refractivity contribution in [1.82, 2.24) is 9.99 Å². The fourth-order valence-electron chi connectivity index (χ4n) is 4.46. The fraction of sp³-hybridized carbons (Fsp3) is 0.280. The first-order chi connectivity index (χ1) is 16.8. The molecule has 1 fully saturated rings. The zero-order valence-electron chi connectivity index (χ0n) is 18.7. The van der Waals surface area contributed by atoms with Crippen molar-refractivity contribution in [2.45, 2.75) is 31.4 Å². The number of rotatable bonds is 6. The number of hydrogen-bond donors (Lipinski definition) is 1. The van der Waals surface area contributed by atoms with Gasteiger partial charge in [-0.2, -0.15) is 5.10 Å². The van der Waals surface area contributed by atoms with E-state index >= 15 is 0 Å². The van der Waals surface area contributed by atoms with Crippen molar-refractivity contribution in [3.8, 4) is 0 Å². The number of aromatic amines is 1. The molecule has 2 aliphatic heterocycles. The Morgan fingerprint density at radius 1 is 1.06 bits per heavy atom. The molecule has 3 heterocycles. The van der Waals surface area contributed by atoms with E-state index in [1.165, 1.54) is 0 Å². The number of nitrogens with zero attached hydrogens (tertiary/aromatic N) is 2. The van der Waals surface area contributed by atoms with E-state index in [1.807, 2.05) is 24.3 Å². The maximum Gasteiger partial charge on any atom is 0.355 e. The molecular weight excluding hydrogens is 470 g/mol. The lowest BCUT2D eigenvalue weighted by Crippen LogP contribution is -2.42. The third-order valence-corrected chi connectivity index (χ3v) is 8.02. The van der Waals surface area contributed by atoms with E-state index in [-0.39, 0.29) is 42.4 Å². The average Bonchev–Trinajstić information content (AvgIpc) is 3.45. The maximum absolute atomic E-state index is 13.6. The lowest BCUT2D eigenvalue weighted by atomic mass is 9.99. The van der Waals surface area contributed by atoms with Gasteiger partial charge in [-0.25, -0.2) is 18.2 Å². The number of benzene rings is 2. The van der Waals surface area contributed by atoms with Crippen LogP contribution >= 0.6 is 0 Å². The number of hydrogen-bond acceptors (Lipinski definition) is 7. The predicted octanol–water partition coefficient (Wildman–Crippen LogP) is 2.80. The first-order valence-corrected chi connectivity index (χ1v) is 13.1. The zero-order chi connectivity index (χ0) is 24.6. The number of Topliss-reactive ketones (excluding diaryl/α,β-unsaturated/α-hetero) is 1. The van der Waals surface area contributed by atoms with Crippen LogP contribution in [-0.4, -0.2) is 59.3 Å². The molecule has 0 saturated carbocycles. The monoisotopic (exact) mass is 493 g/mol. The third-order valence-electron chi connectivity index (χ3n) is 6.27. The van der Waals surface area contributed by atoms with Gasteiger partial charge in [0.2, 0.25) is 11.7 Å². The summed E-state index contributed by atoms with van der Waals surface area (Å²) in [5.41, 5.74) is 1.66. The minimum Gasteiger partial charge on any atom is -0.444 e. The molecule has 1 aromatic heterocycles. The number of carbonyl (C=O) groups is 3. The van der Waals surface area contributed by atoms with Crippen LogP contribution in [0.4, 0.5) is 0 Å². The van der Waals surface area contributed by atoms with Crippen molar-refractivity contribution in [2.24, 2.45) is 5.10 Å². The SMILES string of the molecule is O=C(O[C@H](C(=O)c1c[nH]c2ccccc12)c1ccccc1)C1=NN([C@@H]2CCS(=O)(=O)C2)C(=O)CC1. The lowest BCUT2D eigenvalue weighted by Gasteiger charge is -2.27. The number of esters is 1. The minimum atomic E-state index is -3.24. The van der Waals surface area contributed by atoms with Crippen LogP contribution in [0.5, 0.6) is 0 Å². The number of ether oxygens (including phenoxy) is 1.